The van der Waals surface area contributed by atoms with Gasteiger partial charge in [-0.15, -0.1) is 0 Å². The lowest BCUT2D eigenvalue weighted by Gasteiger charge is -2.16. The van der Waals surface area contributed by atoms with Gasteiger partial charge in [-0.25, -0.2) is 9.29 Å². The summed E-state index contributed by atoms with van der Waals surface area (Å²) >= 11 is 0. The second kappa shape index (κ2) is 7.83. The Bertz CT molecular complexity index is 1150. The summed E-state index contributed by atoms with van der Waals surface area (Å²) in [5, 5.41) is 3.11. The van der Waals surface area contributed by atoms with Crippen LogP contribution in [0.1, 0.15) is 11.1 Å². The zero-order chi connectivity index (χ0) is 21.3. The van der Waals surface area contributed by atoms with Gasteiger partial charge in [-0.1, -0.05) is 36.4 Å². The minimum absolute atomic E-state index is 0.138. The normalized spacial score (nSPS) is 13.8. The molecular weight excluding hydrogens is 383 g/mol. The molecule has 150 valence electrons. The zero-order valence-electron chi connectivity index (χ0n) is 16.5. The van der Waals surface area contributed by atoms with Gasteiger partial charge in [-0.05, 0) is 54.4 Å². The van der Waals surface area contributed by atoms with E-state index >= 15 is 0 Å². The fourth-order valence-corrected chi connectivity index (χ4v) is 3.40. The Morgan fingerprint density at radius 3 is 2.27 bits per heavy atom. The smallest absolute Gasteiger partial charge is 0.282 e. The lowest BCUT2D eigenvalue weighted by atomic mass is 10.0. The minimum Gasteiger partial charge on any atom is -0.495 e. The maximum absolute atomic E-state index is 13.4. The third-order valence-electron chi connectivity index (χ3n) is 4.85. The van der Waals surface area contributed by atoms with Crippen LogP contribution in [0.5, 0.6) is 5.75 Å². The Hall–Kier alpha value is -3.93. The van der Waals surface area contributed by atoms with Crippen molar-refractivity contribution < 1.29 is 18.7 Å². The standard InChI is InChI=1S/C24H19FN2O3/c1-15-8-13-20(30-2)19(14-15)26-22-21(16-6-4-3-5-7-16)23(28)27(24(22)29)18-11-9-17(25)10-12-18/h3-14,26H,1-2H3. The van der Waals surface area contributed by atoms with Gasteiger partial charge in [0.15, 0.2) is 0 Å². The molecule has 1 N–H and O–H groups in total. The lowest BCUT2D eigenvalue weighted by Crippen LogP contribution is -2.32. The van der Waals surface area contributed by atoms with E-state index < -0.39 is 17.6 Å². The molecule has 3 aromatic carbocycles. The Labute approximate surface area is 173 Å². The average Bonchev–Trinajstić information content (AvgIpc) is 2.99. The highest BCUT2D eigenvalue weighted by Crippen LogP contribution is 2.35. The second-order valence-electron chi connectivity index (χ2n) is 6.87. The van der Waals surface area contributed by atoms with Gasteiger partial charge in [0.05, 0.1) is 24.1 Å². The first-order valence-electron chi connectivity index (χ1n) is 9.35. The molecule has 0 fully saturated rings. The molecule has 1 aliphatic rings. The fraction of sp³-hybridized carbons (Fsp3) is 0.0833. The molecule has 0 bridgehead atoms. The van der Waals surface area contributed by atoms with Crippen LogP contribution in [-0.2, 0) is 9.59 Å². The number of hydrogen-bond donors (Lipinski definition) is 1. The van der Waals surface area contributed by atoms with E-state index in [-0.39, 0.29) is 11.3 Å². The quantitative estimate of drug-likeness (QED) is 0.637. The van der Waals surface area contributed by atoms with E-state index in [4.69, 9.17) is 4.74 Å². The van der Waals surface area contributed by atoms with Crippen LogP contribution < -0.4 is 15.0 Å². The Kier molecular flexibility index (Phi) is 5.06. The zero-order valence-corrected chi connectivity index (χ0v) is 16.5. The average molecular weight is 402 g/mol. The number of ether oxygens (including phenoxy) is 1. The molecule has 5 nitrogen and oxygen atoms in total. The highest BCUT2D eigenvalue weighted by atomic mass is 19.1. The molecule has 6 heteroatoms. The highest BCUT2D eigenvalue weighted by molar-refractivity contribution is 6.46. The van der Waals surface area contributed by atoms with Crippen molar-refractivity contribution in [3.63, 3.8) is 0 Å². The molecule has 30 heavy (non-hydrogen) atoms. The van der Waals surface area contributed by atoms with Crippen molar-refractivity contribution in [3.05, 3.63) is 95.4 Å². The first kappa shape index (κ1) is 19.4. The maximum Gasteiger partial charge on any atom is 0.282 e. The summed E-state index contributed by atoms with van der Waals surface area (Å²) < 4.78 is 18.8. The minimum atomic E-state index is -0.519. The van der Waals surface area contributed by atoms with E-state index in [9.17, 15) is 14.0 Å². The maximum atomic E-state index is 13.4. The molecule has 0 radical (unpaired) electrons. The van der Waals surface area contributed by atoms with Crippen LogP contribution in [0.15, 0.2) is 78.5 Å². The van der Waals surface area contributed by atoms with Gasteiger partial charge in [0.2, 0.25) is 0 Å². The summed E-state index contributed by atoms with van der Waals surface area (Å²) in [7, 11) is 1.54. The van der Waals surface area contributed by atoms with Crippen LogP contribution in [0.25, 0.3) is 5.57 Å². The number of methoxy groups -OCH3 is 1. The number of benzene rings is 3. The summed E-state index contributed by atoms with van der Waals surface area (Å²) in [6.45, 7) is 1.92. The summed E-state index contributed by atoms with van der Waals surface area (Å²) in [5.41, 5.74) is 2.82. The van der Waals surface area contributed by atoms with Crippen molar-refractivity contribution in [2.24, 2.45) is 0 Å². The predicted octanol–water partition coefficient (Wildman–Crippen LogP) is 4.54. The molecule has 0 saturated heterocycles. The van der Waals surface area contributed by atoms with Crippen LogP contribution in [0.4, 0.5) is 15.8 Å². The van der Waals surface area contributed by atoms with Crippen LogP contribution in [-0.4, -0.2) is 18.9 Å². The molecular formula is C24H19FN2O3. The Morgan fingerprint density at radius 1 is 0.900 bits per heavy atom. The summed E-state index contributed by atoms with van der Waals surface area (Å²) in [4.78, 5) is 27.7. The number of anilines is 2. The number of halogens is 1. The Morgan fingerprint density at radius 2 is 1.60 bits per heavy atom. The van der Waals surface area contributed by atoms with Gasteiger partial charge in [-0.3, -0.25) is 9.59 Å². The second-order valence-corrected chi connectivity index (χ2v) is 6.87. The van der Waals surface area contributed by atoms with Crippen molar-refractivity contribution in [1.82, 2.24) is 0 Å². The van der Waals surface area contributed by atoms with Gasteiger partial charge in [-0.2, -0.15) is 0 Å². The largest absolute Gasteiger partial charge is 0.495 e. The number of rotatable bonds is 5. The van der Waals surface area contributed by atoms with Crippen molar-refractivity contribution >= 4 is 28.8 Å². The Balaban J connectivity index is 1.84. The third-order valence-corrected chi connectivity index (χ3v) is 4.85. The molecule has 3 aromatic rings. The number of nitrogens with zero attached hydrogens (tertiary/aromatic N) is 1. The van der Waals surface area contributed by atoms with Crippen molar-refractivity contribution in [3.8, 4) is 5.75 Å². The first-order chi connectivity index (χ1) is 14.5. The van der Waals surface area contributed by atoms with Crippen LogP contribution in [0.3, 0.4) is 0 Å². The number of amides is 2. The van der Waals surface area contributed by atoms with Gasteiger partial charge in [0, 0.05) is 0 Å². The van der Waals surface area contributed by atoms with Crippen molar-refractivity contribution in [2.45, 2.75) is 6.92 Å². The molecule has 1 heterocycles. The lowest BCUT2D eigenvalue weighted by molar-refractivity contribution is -0.120. The van der Waals surface area contributed by atoms with Crippen LogP contribution in [0.2, 0.25) is 0 Å². The van der Waals surface area contributed by atoms with Crippen LogP contribution in [0, 0.1) is 12.7 Å². The summed E-state index contributed by atoms with van der Waals surface area (Å²) in [6, 6.07) is 19.7. The van der Waals surface area contributed by atoms with E-state index in [2.05, 4.69) is 5.32 Å². The fourth-order valence-electron chi connectivity index (χ4n) is 3.40. The molecule has 4 rings (SSSR count). The topological polar surface area (TPSA) is 58.6 Å². The highest BCUT2D eigenvalue weighted by Gasteiger charge is 2.40. The molecule has 0 spiro atoms. The summed E-state index contributed by atoms with van der Waals surface area (Å²) in [5.74, 6) is -0.904. The first-order valence-corrected chi connectivity index (χ1v) is 9.35. The van der Waals surface area contributed by atoms with Gasteiger partial charge in [0.1, 0.15) is 17.3 Å². The van der Waals surface area contributed by atoms with Crippen LogP contribution >= 0.6 is 0 Å². The number of carbonyl (C=O) groups is 2. The molecule has 1 aliphatic heterocycles. The van der Waals surface area contributed by atoms with E-state index in [1.165, 1.54) is 31.4 Å². The summed E-state index contributed by atoms with van der Waals surface area (Å²) in [6.07, 6.45) is 0. The van der Waals surface area contributed by atoms with E-state index in [0.717, 1.165) is 10.5 Å². The molecule has 0 aliphatic carbocycles. The predicted molar refractivity (Wildman–Crippen MR) is 114 cm³/mol. The van der Waals surface area contributed by atoms with Crippen molar-refractivity contribution in [2.75, 3.05) is 17.3 Å². The number of imide groups is 1. The van der Waals surface area contributed by atoms with Gasteiger partial charge in [0.25, 0.3) is 11.8 Å². The third kappa shape index (κ3) is 3.43. The van der Waals surface area contributed by atoms with Crippen molar-refractivity contribution in [1.29, 1.82) is 0 Å². The monoisotopic (exact) mass is 402 g/mol. The number of nitrogens with one attached hydrogen (secondary N) is 1. The van der Waals surface area contributed by atoms with E-state index in [1.807, 2.05) is 25.1 Å². The molecule has 0 saturated carbocycles. The molecule has 0 unspecified atom stereocenters. The van der Waals surface area contributed by atoms with Gasteiger partial charge < -0.3 is 10.1 Å². The van der Waals surface area contributed by atoms with E-state index in [0.29, 0.717) is 22.7 Å². The van der Waals surface area contributed by atoms with Gasteiger partial charge >= 0.3 is 0 Å². The molecule has 0 atom stereocenters. The number of hydrogen-bond acceptors (Lipinski definition) is 4. The number of carbonyl (C=O) groups excluding carboxylic acids is 2. The van der Waals surface area contributed by atoms with E-state index in [1.54, 1.807) is 30.3 Å². The molecule has 0 aromatic heterocycles. The SMILES string of the molecule is COc1ccc(C)cc1NC1=C(c2ccccc2)C(=O)N(c2ccc(F)cc2)C1=O. The molecule has 2 amide bonds. The number of aryl methyl sites for hydroxylation is 1.